The molecule has 1 fully saturated rings. The number of thiazole rings is 1. The van der Waals surface area contributed by atoms with Gasteiger partial charge in [0.2, 0.25) is 5.95 Å². The number of aryl methyl sites for hydroxylation is 1. The fourth-order valence-electron chi connectivity index (χ4n) is 3.89. The van der Waals surface area contributed by atoms with Crippen LogP contribution in [0.15, 0.2) is 55.2 Å². The minimum atomic E-state index is -0.0821. The Balaban J connectivity index is 1.50. The molecule has 3 aromatic heterocycles. The molecule has 4 aromatic rings. The largest absolute Gasteiger partial charge is 0.368 e. The number of anilines is 1. The first-order valence-corrected chi connectivity index (χ1v) is 10.5. The van der Waals surface area contributed by atoms with Gasteiger partial charge >= 0.3 is 0 Å². The number of hydrogen-bond acceptors (Lipinski definition) is 6. The van der Waals surface area contributed by atoms with Gasteiger partial charge in [0.15, 0.2) is 0 Å². The van der Waals surface area contributed by atoms with Gasteiger partial charge in [-0.15, -0.1) is 11.3 Å². The number of benzene rings is 1. The van der Waals surface area contributed by atoms with Crippen LogP contribution in [0.4, 0.5) is 5.95 Å². The van der Waals surface area contributed by atoms with E-state index in [9.17, 15) is 0 Å². The summed E-state index contributed by atoms with van der Waals surface area (Å²) in [5.74, 6) is 0.918. The second-order valence-electron chi connectivity index (χ2n) is 7.82. The topological polar surface area (TPSA) is 82.5 Å². The number of nitrogens with zero attached hydrogens (tertiary/aromatic N) is 5. The van der Waals surface area contributed by atoms with Crippen molar-refractivity contribution >= 4 is 17.3 Å². The third-order valence-corrected chi connectivity index (χ3v) is 7.11. The highest BCUT2D eigenvalue weighted by Gasteiger charge is 2.46. The molecular formula is C22H22N6S. The van der Waals surface area contributed by atoms with Gasteiger partial charge in [-0.05, 0) is 36.8 Å². The van der Waals surface area contributed by atoms with Crippen LogP contribution in [0.5, 0.6) is 0 Å². The van der Waals surface area contributed by atoms with Crippen LogP contribution in [0.2, 0.25) is 0 Å². The molecule has 1 saturated carbocycles. The third kappa shape index (κ3) is 3.21. The predicted octanol–water partition coefficient (Wildman–Crippen LogP) is 4.30. The van der Waals surface area contributed by atoms with Gasteiger partial charge in [0.1, 0.15) is 5.01 Å². The maximum absolute atomic E-state index is 5.60. The molecular weight excluding hydrogens is 380 g/mol. The molecule has 0 radical (unpaired) electrons. The molecule has 0 bridgehead atoms. The molecule has 1 aliphatic carbocycles. The number of rotatable bonds is 5. The molecule has 1 aromatic carbocycles. The summed E-state index contributed by atoms with van der Waals surface area (Å²) < 4.78 is 1.83. The van der Waals surface area contributed by atoms with Crippen molar-refractivity contribution < 1.29 is 0 Å². The van der Waals surface area contributed by atoms with Gasteiger partial charge in [0, 0.05) is 48.4 Å². The van der Waals surface area contributed by atoms with Crippen molar-refractivity contribution in [3.8, 4) is 21.6 Å². The highest BCUT2D eigenvalue weighted by molar-refractivity contribution is 7.15. The molecule has 7 heteroatoms. The van der Waals surface area contributed by atoms with E-state index >= 15 is 0 Å². The summed E-state index contributed by atoms with van der Waals surface area (Å²) in [4.78, 5) is 14.2. The second-order valence-corrected chi connectivity index (χ2v) is 8.85. The number of nitrogen functional groups attached to an aromatic ring is 1. The minimum absolute atomic E-state index is 0.0821. The molecule has 0 spiro atoms. The summed E-state index contributed by atoms with van der Waals surface area (Å²) in [7, 11) is 1.94. The van der Waals surface area contributed by atoms with Crippen molar-refractivity contribution in [1.29, 1.82) is 0 Å². The smallest absolute Gasteiger partial charge is 0.219 e. The van der Waals surface area contributed by atoms with Crippen LogP contribution in [0.3, 0.4) is 0 Å². The zero-order valence-electron chi connectivity index (χ0n) is 16.4. The zero-order valence-corrected chi connectivity index (χ0v) is 17.2. The van der Waals surface area contributed by atoms with Gasteiger partial charge in [-0.3, -0.25) is 4.68 Å². The number of nitrogens with two attached hydrogens (primary N) is 1. The van der Waals surface area contributed by atoms with Crippen LogP contribution >= 0.6 is 11.3 Å². The van der Waals surface area contributed by atoms with Crippen molar-refractivity contribution in [2.75, 3.05) is 5.73 Å². The molecule has 6 nitrogen and oxygen atoms in total. The van der Waals surface area contributed by atoms with Crippen LogP contribution in [0.25, 0.3) is 21.6 Å². The Kier molecular flexibility index (Phi) is 4.20. The lowest BCUT2D eigenvalue weighted by atomic mass is 9.78. The van der Waals surface area contributed by atoms with Crippen LogP contribution in [0, 0.1) is 5.92 Å². The van der Waals surface area contributed by atoms with Crippen LogP contribution in [-0.4, -0.2) is 24.7 Å². The van der Waals surface area contributed by atoms with E-state index in [0.717, 1.165) is 21.6 Å². The van der Waals surface area contributed by atoms with Crippen molar-refractivity contribution in [2.24, 2.45) is 13.0 Å². The number of aromatic nitrogens is 5. The van der Waals surface area contributed by atoms with E-state index in [4.69, 9.17) is 10.7 Å². The van der Waals surface area contributed by atoms with Gasteiger partial charge in [0.25, 0.3) is 0 Å². The lowest BCUT2D eigenvalue weighted by molar-refractivity contribution is 0.492. The molecule has 0 aliphatic heterocycles. The lowest BCUT2D eigenvalue weighted by Crippen LogP contribution is -2.26. The van der Waals surface area contributed by atoms with E-state index in [1.165, 1.54) is 23.4 Å². The predicted molar refractivity (Wildman–Crippen MR) is 115 cm³/mol. The maximum Gasteiger partial charge on any atom is 0.219 e. The minimum Gasteiger partial charge on any atom is -0.368 e. The van der Waals surface area contributed by atoms with E-state index in [1.54, 1.807) is 23.7 Å². The number of hydrogen-bond donors (Lipinski definition) is 1. The third-order valence-electron chi connectivity index (χ3n) is 5.82. The average molecular weight is 403 g/mol. The lowest BCUT2D eigenvalue weighted by Gasteiger charge is -2.28. The van der Waals surface area contributed by atoms with Crippen molar-refractivity contribution in [3.05, 3.63) is 65.8 Å². The Labute approximate surface area is 173 Å². The summed E-state index contributed by atoms with van der Waals surface area (Å²) in [6.07, 6.45) is 11.9. The Bertz CT molecular complexity index is 1140. The van der Waals surface area contributed by atoms with Gasteiger partial charge < -0.3 is 5.73 Å². The Hall–Kier alpha value is -3.06. The highest BCUT2D eigenvalue weighted by Crippen LogP contribution is 2.52. The van der Waals surface area contributed by atoms with Gasteiger partial charge in [-0.25, -0.2) is 15.0 Å². The van der Waals surface area contributed by atoms with E-state index in [-0.39, 0.29) is 5.41 Å². The first kappa shape index (κ1) is 18.0. The molecule has 2 N–H and O–H groups in total. The van der Waals surface area contributed by atoms with Crippen LogP contribution in [-0.2, 0) is 12.5 Å². The summed E-state index contributed by atoms with van der Waals surface area (Å²) in [5, 5.41) is 5.46. The molecule has 3 heterocycles. The van der Waals surface area contributed by atoms with Gasteiger partial charge in [0.05, 0.1) is 11.1 Å². The van der Waals surface area contributed by atoms with Crippen LogP contribution < -0.4 is 5.73 Å². The Morgan fingerprint density at radius 1 is 0.966 bits per heavy atom. The first-order valence-electron chi connectivity index (χ1n) is 9.68. The van der Waals surface area contributed by atoms with Crippen LogP contribution in [0.1, 0.15) is 30.3 Å². The van der Waals surface area contributed by atoms with Crippen molar-refractivity contribution in [2.45, 2.75) is 25.2 Å². The summed E-state index contributed by atoms with van der Waals surface area (Å²) in [6, 6.07) is 8.71. The molecule has 29 heavy (non-hydrogen) atoms. The maximum atomic E-state index is 5.60. The fraction of sp³-hybridized carbons (Fsp3) is 0.273. The van der Waals surface area contributed by atoms with Gasteiger partial charge in [-0.1, -0.05) is 24.3 Å². The van der Waals surface area contributed by atoms with E-state index in [2.05, 4.69) is 46.3 Å². The average Bonchev–Trinajstić information content (AvgIpc) is 3.32. The monoisotopic (exact) mass is 402 g/mol. The quantitative estimate of drug-likeness (QED) is 0.538. The first-order chi connectivity index (χ1) is 14.0. The van der Waals surface area contributed by atoms with Crippen molar-refractivity contribution in [1.82, 2.24) is 24.7 Å². The van der Waals surface area contributed by atoms with Crippen molar-refractivity contribution in [3.63, 3.8) is 0 Å². The molecule has 1 atom stereocenters. The molecule has 0 saturated heterocycles. The van der Waals surface area contributed by atoms with E-state index in [1.807, 2.05) is 30.3 Å². The Morgan fingerprint density at radius 2 is 1.69 bits per heavy atom. The second kappa shape index (κ2) is 6.77. The summed E-state index contributed by atoms with van der Waals surface area (Å²) in [6.45, 7) is 2.33. The molecule has 5 rings (SSSR count). The normalized spacial score (nSPS) is 15.9. The Morgan fingerprint density at radius 3 is 2.31 bits per heavy atom. The standard InChI is InChI=1S/C22H22N6S/c1-22(18-7-8-18,20-24-12-19(29-20)16-11-27-28(2)13-16)17-5-3-14(4-6-17)15-9-25-21(23)26-10-15/h3-6,9-13,18H,7-8H2,1-2H3,(H2,23,25,26). The molecule has 0 amide bonds. The van der Waals surface area contributed by atoms with E-state index in [0.29, 0.717) is 11.9 Å². The zero-order chi connectivity index (χ0) is 20.0. The highest BCUT2D eigenvalue weighted by atomic mass is 32.1. The summed E-state index contributed by atoms with van der Waals surface area (Å²) >= 11 is 1.77. The fourth-order valence-corrected chi connectivity index (χ4v) is 5.03. The molecule has 146 valence electrons. The van der Waals surface area contributed by atoms with Gasteiger partial charge in [-0.2, -0.15) is 5.10 Å². The summed E-state index contributed by atoms with van der Waals surface area (Å²) in [5.41, 5.74) is 9.99. The molecule has 1 aliphatic rings. The van der Waals surface area contributed by atoms with E-state index < -0.39 is 0 Å². The SMILES string of the molecule is Cn1cc(-c2cnc(C(C)(c3ccc(-c4cnc(N)nc4)cc3)C3CC3)s2)cn1. The molecule has 1 unspecified atom stereocenters.